The van der Waals surface area contributed by atoms with Gasteiger partial charge in [0.15, 0.2) is 0 Å². The molecule has 0 spiro atoms. The zero-order valence-electron chi connectivity index (χ0n) is 13.1. The summed E-state index contributed by atoms with van der Waals surface area (Å²) < 4.78 is 10.0. The van der Waals surface area contributed by atoms with E-state index in [9.17, 15) is 0 Å². The second-order valence-electron chi connectivity index (χ2n) is 4.22. The van der Waals surface area contributed by atoms with Gasteiger partial charge in [-0.25, -0.2) is 0 Å². The Balaban J connectivity index is 0. The Morgan fingerprint density at radius 1 is 0.895 bits per heavy atom. The molecule has 4 nitrogen and oxygen atoms in total. The van der Waals surface area contributed by atoms with Crippen LogP contribution in [0.3, 0.4) is 0 Å². The van der Waals surface area contributed by atoms with Crippen LogP contribution in [0.2, 0.25) is 0 Å². The first-order valence-electron chi connectivity index (χ1n) is 7.72. The van der Waals surface area contributed by atoms with Crippen LogP contribution >= 0.6 is 0 Å². The van der Waals surface area contributed by atoms with Crippen molar-refractivity contribution in [2.45, 2.75) is 52.9 Å². The summed E-state index contributed by atoms with van der Waals surface area (Å²) in [7, 11) is 0. The maximum atomic E-state index is 8.47. The molecule has 0 heterocycles. The molecule has 19 heavy (non-hydrogen) atoms. The molecule has 1 aliphatic rings. The molecule has 0 saturated heterocycles. The van der Waals surface area contributed by atoms with E-state index in [2.05, 4.69) is 0 Å². The van der Waals surface area contributed by atoms with Gasteiger partial charge < -0.3 is 19.7 Å². The highest BCUT2D eigenvalue weighted by atomic mass is 16.5. The second kappa shape index (κ2) is 20.2. The molecule has 118 valence electrons. The van der Waals surface area contributed by atoms with Crippen molar-refractivity contribution in [2.75, 3.05) is 39.6 Å². The summed E-state index contributed by atoms with van der Waals surface area (Å²) in [5, 5.41) is 16.5. The Bertz CT molecular complexity index is 132. The summed E-state index contributed by atoms with van der Waals surface area (Å²) in [4.78, 5) is 0. The van der Waals surface area contributed by atoms with Crippen molar-refractivity contribution in [1.82, 2.24) is 0 Å². The number of aliphatic hydroxyl groups excluding tert-OH is 2. The van der Waals surface area contributed by atoms with Crippen molar-refractivity contribution in [3.63, 3.8) is 0 Å². The maximum absolute atomic E-state index is 8.47. The average Bonchev–Trinajstić information content (AvgIpc) is 2.49. The summed E-state index contributed by atoms with van der Waals surface area (Å²) >= 11 is 0. The van der Waals surface area contributed by atoms with E-state index in [1.165, 1.54) is 32.1 Å². The fourth-order valence-electron chi connectivity index (χ4n) is 1.88. The standard InChI is InChI=1S/C9H18O2.C4H10O2.C2H6/c10-6-7-11-8-9-4-2-1-3-5-9;1-2-6-4-3-5;1-2/h9-10H,1-8H2;5H,2-4H2,1H3;1-2H3. The van der Waals surface area contributed by atoms with Gasteiger partial charge in [0.1, 0.15) is 0 Å². The minimum absolute atomic E-state index is 0.133. The summed E-state index contributed by atoms with van der Waals surface area (Å²) in [6.45, 7) is 8.73. The lowest BCUT2D eigenvalue weighted by molar-refractivity contribution is 0.0580. The molecule has 0 radical (unpaired) electrons. The topological polar surface area (TPSA) is 58.9 Å². The number of hydrogen-bond acceptors (Lipinski definition) is 4. The third-order valence-corrected chi connectivity index (χ3v) is 2.75. The molecule has 0 bridgehead atoms. The van der Waals surface area contributed by atoms with E-state index in [-0.39, 0.29) is 13.2 Å². The van der Waals surface area contributed by atoms with Gasteiger partial charge in [-0.3, -0.25) is 0 Å². The maximum Gasteiger partial charge on any atom is 0.0697 e. The van der Waals surface area contributed by atoms with Crippen molar-refractivity contribution >= 4 is 0 Å². The van der Waals surface area contributed by atoms with Gasteiger partial charge in [-0.15, -0.1) is 0 Å². The number of ether oxygens (including phenoxy) is 2. The Labute approximate surface area is 119 Å². The Morgan fingerprint density at radius 2 is 1.42 bits per heavy atom. The highest BCUT2D eigenvalue weighted by Crippen LogP contribution is 2.23. The fraction of sp³-hybridized carbons (Fsp3) is 1.00. The molecule has 0 unspecified atom stereocenters. The molecule has 0 atom stereocenters. The summed E-state index contributed by atoms with van der Waals surface area (Å²) in [6.07, 6.45) is 6.79. The minimum atomic E-state index is 0.133. The van der Waals surface area contributed by atoms with Crippen molar-refractivity contribution in [2.24, 2.45) is 5.92 Å². The molecule has 0 aliphatic heterocycles. The predicted octanol–water partition coefficient (Wildman–Crippen LogP) is 2.62. The van der Waals surface area contributed by atoms with Crippen LogP contribution in [0.4, 0.5) is 0 Å². The van der Waals surface area contributed by atoms with Crippen LogP contribution in [0.1, 0.15) is 52.9 Å². The minimum Gasteiger partial charge on any atom is -0.394 e. The normalized spacial score (nSPS) is 15.0. The molecule has 0 amide bonds. The van der Waals surface area contributed by atoms with Gasteiger partial charge in [0.05, 0.1) is 26.4 Å². The molecule has 2 N–H and O–H groups in total. The van der Waals surface area contributed by atoms with Crippen molar-refractivity contribution in [1.29, 1.82) is 0 Å². The van der Waals surface area contributed by atoms with Gasteiger partial charge in [-0.2, -0.15) is 0 Å². The summed E-state index contributed by atoms with van der Waals surface area (Å²) in [5.74, 6) is 0.773. The average molecular weight is 278 g/mol. The molecule has 1 saturated carbocycles. The van der Waals surface area contributed by atoms with E-state index in [0.717, 1.165) is 12.5 Å². The lowest BCUT2D eigenvalue weighted by Crippen LogP contribution is -2.14. The smallest absolute Gasteiger partial charge is 0.0697 e. The number of rotatable bonds is 7. The molecule has 0 aromatic heterocycles. The SMILES string of the molecule is CC.CCOCCO.OCCOCC1CCCCC1. The predicted molar refractivity (Wildman–Crippen MR) is 79.4 cm³/mol. The van der Waals surface area contributed by atoms with Crippen LogP contribution in [0.5, 0.6) is 0 Å². The quantitative estimate of drug-likeness (QED) is 0.703. The molecule has 1 aliphatic carbocycles. The van der Waals surface area contributed by atoms with Crippen molar-refractivity contribution < 1.29 is 19.7 Å². The van der Waals surface area contributed by atoms with Crippen LogP contribution in [0.25, 0.3) is 0 Å². The first-order valence-corrected chi connectivity index (χ1v) is 7.72. The van der Waals surface area contributed by atoms with Gasteiger partial charge in [-0.05, 0) is 25.7 Å². The summed E-state index contributed by atoms with van der Waals surface area (Å²) in [6, 6.07) is 0. The zero-order chi connectivity index (χ0) is 14.8. The van der Waals surface area contributed by atoms with Gasteiger partial charge in [0, 0.05) is 13.2 Å². The molecule has 1 fully saturated rings. The monoisotopic (exact) mass is 278 g/mol. The van der Waals surface area contributed by atoms with E-state index in [4.69, 9.17) is 19.7 Å². The van der Waals surface area contributed by atoms with E-state index in [0.29, 0.717) is 19.8 Å². The molecular formula is C15H34O4. The third-order valence-electron chi connectivity index (χ3n) is 2.75. The van der Waals surface area contributed by atoms with Crippen molar-refractivity contribution in [3.05, 3.63) is 0 Å². The Morgan fingerprint density at radius 3 is 1.84 bits per heavy atom. The molecular weight excluding hydrogens is 244 g/mol. The van der Waals surface area contributed by atoms with E-state index < -0.39 is 0 Å². The first kappa shape index (κ1) is 21.1. The van der Waals surface area contributed by atoms with Crippen LogP contribution in [-0.4, -0.2) is 49.9 Å². The van der Waals surface area contributed by atoms with Gasteiger partial charge in [0.2, 0.25) is 0 Å². The van der Waals surface area contributed by atoms with Crippen LogP contribution in [0.15, 0.2) is 0 Å². The molecule has 0 aromatic rings. The van der Waals surface area contributed by atoms with E-state index >= 15 is 0 Å². The van der Waals surface area contributed by atoms with E-state index in [1.54, 1.807) is 0 Å². The molecule has 0 aromatic carbocycles. The molecule has 4 heteroatoms. The van der Waals surface area contributed by atoms with E-state index in [1.807, 2.05) is 20.8 Å². The van der Waals surface area contributed by atoms with Crippen LogP contribution < -0.4 is 0 Å². The van der Waals surface area contributed by atoms with Crippen molar-refractivity contribution in [3.8, 4) is 0 Å². The highest BCUT2D eigenvalue weighted by Gasteiger charge is 2.12. The Kier molecular flexibility index (Phi) is 22.4. The second-order valence-corrected chi connectivity index (χ2v) is 4.22. The lowest BCUT2D eigenvalue weighted by atomic mass is 9.90. The number of aliphatic hydroxyl groups is 2. The lowest BCUT2D eigenvalue weighted by Gasteiger charge is -2.20. The first-order chi connectivity index (χ1) is 9.35. The van der Waals surface area contributed by atoms with Gasteiger partial charge in [-0.1, -0.05) is 33.1 Å². The molecule has 1 rings (SSSR count). The van der Waals surface area contributed by atoms with Crippen LogP contribution in [-0.2, 0) is 9.47 Å². The van der Waals surface area contributed by atoms with Gasteiger partial charge in [0.25, 0.3) is 0 Å². The van der Waals surface area contributed by atoms with Crippen LogP contribution in [0, 0.1) is 5.92 Å². The van der Waals surface area contributed by atoms with Gasteiger partial charge >= 0.3 is 0 Å². The fourth-order valence-corrected chi connectivity index (χ4v) is 1.88. The zero-order valence-corrected chi connectivity index (χ0v) is 13.1. The Hall–Kier alpha value is -0.160. The third kappa shape index (κ3) is 17.8. The highest BCUT2D eigenvalue weighted by molar-refractivity contribution is 4.64. The largest absolute Gasteiger partial charge is 0.394 e. The summed E-state index contributed by atoms with van der Waals surface area (Å²) in [5.41, 5.74) is 0. The number of hydrogen-bond donors (Lipinski definition) is 2.